The van der Waals surface area contributed by atoms with E-state index in [0.29, 0.717) is 6.42 Å². The van der Waals surface area contributed by atoms with Gasteiger partial charge >= 0.3 is 11.9 Å². The number of hydrogen-bond donors (Lipinski definition) is 5. The summed E-state index contributed by atoms with van der Waals surface area (Å²) in [5.74, 6) is -6.66. The molecule has 0 aliphatic carbocycles. The topological polar surface area (TPSA) is 155 Å². The van der Waals surface area contributed by atoms with Crippen molar-refractivity contribution >= 4 is 40.8 Å². The summed E-state index contributed by atoms with van der Waals surface area (Å²) in [4.78, 5) is 12.9. The van der Waals surface area contributed by atoms with Gasteiger partial charge in [-0.3, -0.25) is 9.53 Å². The van der Waals surface area contributed by atoms with Gasteiger partial charge < -0.3 is 39.7 Å². The lowest BCUT2D eigenvalue weighted by atomic mass is 9.99. The maximum atomic E-state index is 12.9. The smallest absolute Gasteiger partial charge is 0.362 e. The molecule has 0 aromatic carbocycles. The highest BCUT2D eigenvalue weighted by Crippen LogP contribution is 2.43. The standard InChI is InChI=1S/C26H45Cl3O10/c1-2-3-4-5-6-7-8-9-10-11-12-13-19(31)38-26(24(35)22(33)20(29)18(15-30)37-26)39-25(16-28)23(34)21(32)17(14-27)36-25/h17-18,20-24,30,32-35H,2-16H2,1H3/t17-,18-,20+,21-,22+,23+,24-,25+,26+/m1/s1. The fraction of sp³-hybridized carbons (Fsp3) is 0.962. The average Bonchev–Trinajstić information content (AvgIpc) is 3.17. The Morgan fingerprint density at radius 3 is 1.87 bits per heavy atom. The van der Waals surface area contributed by atoms with Gasteiger partial charge in [0.1, 0.15) is 30.5 Å². The molecule has 2 rings (SSSR count). The summed E-state index contributed by atoms with van der Waals surface area (Å²) in [5, 5.41) is 50.9. The zero-order chi connectivity index (χ0) is 29.1. The van der Waals surface area contributed by atoms with E-state index in [4.69, 9.17) is 53.8 Å². The van der Waals surface area contributed by atoms with Crippen LogP contribution < -0.4 is 0 Å². The van der Waals surface area contributed by atoms with Crippen LogP contribution >= 0.6 is 34.8 Å². The summed E-state index contributed by atoms with van der Waals surface area (Å²) >= 11 is 18.0. The molecule has 0 unspecified atom stereocenters. The number of alkyl halides is 3. The van der Waals surface area contributed by atoms with E-state index in [2.05, 4.69) is 6.92 Å². The molecule has 13 heteroatoms. The third-order valence-electron chi connectivity index (χ3n) is 7.26. The number of rotatable bonds is 18. The van der Waals surface area contributed by atoms with Gasteiger partial charge in [0.15, 0.2) is 6.10 Å². The molecule has 230 valence electrons. The van der Waals surface area contributed by atoms with E-state index in [0.717, 1.165) is 25.7 Å². The first-order chi connectivity index (χ1) is 18.6. The minimum absolute atomic E-state index is 0.0490. The van der Waals surface area contributed by atoms with Gasteiger partial charge in [0.05, 0.1) is 23.7 Å². The number of halogens is 3. The molecule has 5 N–H and O–H groups in total. The van der Waals surface area contributed by atoms with Crippen molar-refractivity contribution in [2.75, 3.05) is 18.4 Å². The van der Waals surface area contributed by atoms with Gasteiger partial charge in [-0.2, -0.15) is 0 Å². The Morgan fingerprint density at radius 2 is 1.38 bits per heavy atom. The number of unbranched alkanes of at least 4 members (excludes halogenated alkanes) is 10. The zero-order valence-corrected chi connectivity index (χ0v) is 24.8. The number of carbonyl (C=O) groups excluding carboxylic acids is 1. The Hall–Kier alpha value is 0.0200. The monoisotopic (exact) mass is 622 g/mol. The van der Waals surface area contributed by atoms with Crippen LogP contribution in [0, 0.1) is 0 Å². The van der Waals surface area contributed by atoms with Crippen molar-refractivity contribution in [2.24, 2.45) is 0 Å². The van der Waals surface area contributed by atoms with Crippen molar-refractivity contribution in [3.8, 4) is 0 Å². The second-order valence-corrected chi connectivity index (χ2v) is 11.5. The molecule has 0 aromatic rings. The molecular weight excluding hydrogens is 579 g/mol. The van der Waals surface area contributed by atoms with E-state index in [-0.39, 0.29) is 12.3 Å². The minimum Gasteiger partial charge on any atom is -0.405 e. The number of hydrogen-bond acceptors (Lipinski definition) is 10. The lowest BCUT2D eigenvalue weighted by Gasteiger charge is -2.49. The van der Waals surface area contributed by atoms with Crippen LogP contribution in [0.4, 0.5) is 0 Å². The lowest BCUT2D eigenvalue weighted by molar-refractivity contribution is -0.483. The third kappa shape index (κ3) is 9.25. The Morgan fingerprint density at radius 1 is 0.821 bits per heavy atom. The molecular formula is C26H45Cl3O10. The Kier molecular flexibility index (Phi) is 15.5. The predicted molar refractivity (Wildman–Crippen MR) is 146 cm³/mol. The molecule has 2 heterocycles. The van der Waals surface area contributed by atoms with Gasteiger partial charge in [-0.15, -0.1) is 34.8 Å². The van der Waals surface area contributed by atoms with Crippen molar-refractivity contribution in [1.29, 1.82) is 0 Å². The maximum absolute atomic E-state index is 12.9. The van der Waals surface area contributed by atoms with E-state index >= 15 is 0 Å². The number of esters is 1. The summed E-state index contributed by atoms with van der Waals surface area (Å²) in [6.07, 6.45) is 2.32. The van der Waals surface area contributed by atoms with Gasteiger partial charge in [-0.05, 0) is 6.42 Å². The fourth-order valence-electron chi connectivity index (χ4n) is 4.86. The van der Waals surface area contributed by atoms with Crippen LogP contribution in [0.5, 0.6) is 0 Å². The summed E-state index contributed by atoms with van der Waals surface area (Å²) in [5.41, 5.74) is 0. The van der Waals surface area contributed by atoms with Crippen molar-refractivity contribution in [2.45, 2.75) is 138 Å². The minimum atomic E-state index is -2.76. The molecule has 2 fully saturated rings. The van der Waals surface area contributed by atoms with Crippen LogP contribution in [0.25, 0.3) is 0 Å². The molecule has 0 amide bonds. The molecule has 39 heavy (non-hydrogen) atoms. The highest BCUT2D eigenvalue weighted by molar-refractivity contribution is 6.21. The van der Waals surface area contributed by atoms with Gasteiger partial charge in [0, 0.05) is 6.42 Å². The Labute approximate surface area is 245 Å². The van der Waals surface area contributed by atoms with Gasteiger partial charge in [0.25, 0.3) is 0 Å². The molecule has 0 saturated carbocycles. The Balaban J connectivity index is 2.02. The first kappa shape index (κ1) is 35.2. The van der Waals surface area contributed by atoms with Crippen molar-refractivity contribution in [3.05, 3.63) is 0 Å². The second kappa shape index (κ2) is 17.2. The molecule has 0 aromatic heterocycles. The SMILES string of the molecule is CCCCCCCCCCCCCC(=O)O[C@@]1(O[C@]2(CCl)O[C@H](CCl)[C@@H](O)[C@@H]2O)O[C@H](CO)[C@H](Cl)[C@H](O)[C@H]1O. The molecule has 2 aliphatic rings. The van der Waals surface area contributed by atoms with Crippen LogP contribution in [0.2, 0.25) is 0 Å². The van der Waals surface area contributed by atoms with Gasteiger partial charge in [0.2, 0.25) is 5.79 Å². The van der Waals surface area contributed by atoms with E-state index in [1.54, 1.807) is 0 Å². The first-order valence-electron chi connectivity index (χ1n) is 14.0. The maximum Gasteiger partial charge on any atom is 0.362 e. The summed E-state index contributed by atoms with van der Waals surface area (Å²) in [7, 11) is 0. The van der Waals surface area contributed by atoms with Crippen LogP contribution in [-0.4, -0.2) is 104 Å². The summed E-state index contributed by atoms with van der Waals surface area (Å²) in [6, 6.07) is 0. The molecule has 2 saturated heterocycles. The average molecular weight is 624 g/mol. The number of ether oxygens (including phenoxy) is 4. The molecule has 10 nitrogen and oxygen atoms in total. The first-order valence-corrected chi connectivity index (χ1v) is 15.5. The number of aliphatic hydroxyl groups is 5. The largest absolute Gasteiger partial charge is 0.405 e. The van der Waals surface area contributed by atoms with Gasteiger partial charge in [-0.1, -0.05) is 71.1 Å². The van der Waals surface area contributed by atoms with Crippen LogP contribution in [-0.2, 0) is 23.7 Å². The molecule has 9 atom stereocenters. The van der Waals surface area contributed by atoms with Crippen molar-refractivity contribution in [1.82, 2.24) is 0 Å². The molecule has 2 aliphatic heterocycles. The Bertz CT molecular complexity index is 719. The van der Waals surface area contributed by atoms with E-state index in [1.807, 2.05) is 0 Å². The predicted octanol–water partition coefficient (Wildman–Crippen LogP) is 2.92. The third-order valence-corrected chi connectivity index (χ3v) is 8.48. The fourth-order valence-corrected chi connectivity index (χ4v) is 5.65. The highest BCUT2D eigenvalue weighted by Gasteiger charge is 2.65. The molecule has 0 spiro atoms. The van der Waals surface area contributed by atoms with Crippen LogP contribution in [0.15, 0.2) is 0 Å². The van der Waals surface area contributed by atoms with Gasteiger partial charge in [-0.25, -0.2) is 0 Å². The number of aliphatic hydroxyl groups excluding tert-OH is 5. The van der Waals surface area contributed by atoms with Crippen molar-refractivity contribution < 1.29 is 49.3 Å². The van der Waals surface area contributed by atoms with Crippen molar-refractivity contribution in [3.63, 3.8) is 0 Å². The summed E-state index contributed by atoms with van der Waals surface area (Å²) in [6.45, 7) is 1.48. The number of carbonyl (C=O) groups is 1. The van der Waals surface area contributed by atoms with Crippen LogP contribution in [0.1, 0.15) is 84.0 Å². The van der Waals surface area contributed by atoms with E-state index < -0.39 is 72.2 Å². The quantitative estimate of drug-likeness (QED) is 0.0666. The lowest BCUT2D eigenvalue weighted by Crippen LogP contribution is -2.69. The van der Waals surface area contributed by atoms with E-state index in [1.165, 1.54) is 38.5 Å². The molecule has 0 bridgehead atoms. The molecule has 0 radical (unpaired) electrons. The second-order valence-electron chi connectivity index (χ2n) is 10.4. The normalized spacial score (nSPS) is 36.8. The van der Waals surface area contributed by atoms with Crippen LogP contribution in [0.3, 0.4) is 0 Å². The van der Waals surface area contributed by atoms with E-state index in [9.17, 15) is 30.3 Å². The zero-order valence-electron chi connectivity index (χ0n) is 22.6. The summed E-state index contributed by atoms with van der Waals surface area (Å²) < 4.78 is 22.4. The highest BCUT2D eigenvalue weighted by atomic mass is 35.5.